The van der Waals surface area contributed by atoms with Crippen LogP contribution >= 0.6 is 0 Å². The molecule has 1 aliphatic rings. The molecule has 1 heterocycles. The van der Waals surface area contributed by atoms with Crippen molar-refractivity contribution in [2.24, 2.45) is 0 Å². The van der Waals surface area contributed by atoms with Crippen molar-refractivity contribution in [3.8, 4) is 0 Å². The summed E-state index contributed by atoms with van der Waals surface area (Å²) in [7, 11) is 0. The van der Waals surface area contributed by atoms with Gasteiger partial charge in [0.1, 0.15) is 5.54 Å². The second-order valence-electron chi connectivity index (χ2n) is 5.89. The summed E-state index contributed by atoms with van der Waals surface area (Å²) in [5.74, 6) is 0.102. The first-order valence-corrected chi connectivity index (χ1v) is 6.25. The molecule has 5 heteroatoms. The molecule has 0 spiro atoms. The Morgan fingerprint density at radius 3 is 2.42 bits per heavy atom. The van der Waals surface area contributed by atoms with Crippen LogP contribution in [0.15, 0.2) is 24.3 Å². The van der Waals surface area contributed by atoms with Crippen LogP contribution in [0, 0.1) is 5.21 Å². The van der Waals surface area contributed by atoms with E-state index in [0.29, 0.717) is 11.1 Å². The molecule has 0 unspecified atom stereocenters. The van der Waals surface area contributed by atoms with Crippen molar-refractivity contribution in [3.63, 3.8) is 0 Å². The molecule has 0 saturated heterocycles. The Morgan fingerprint density at radius 2 is 1.95 bits per heavy atom. The van der Waals surface area contributed by atoms with Gasteiger partial charge in [-0.25, -0.2) is 0 Å². The van der Waals surface area contributed by atoms with Crippen LogP contribution in [0.2, 0.25) is 0 Å². The first-order chi connectivity index (χ1) is 8.73. The van der Waals surface area contributed by atoms with Gasteiger partial charge in [-0.15, -0.1) is 0 Å². The zero-order valence-electron chi connectivity index (χ0n) is 11.7. The van der Waals surface area contributed by atoms with Gasteiger partial charge in [-0.1, -0.05) is 17.2 Å². The molecular formula is C14H19N2O3. The van der Waals surface area contributed by atoms with E-state index in [-0.39, 0.29) is 12.4 Å². The molecule has 0 aromatic heterocycles. The van der Waals surface area contributed by atoms with Crippen molar-refractivity contribution in [2.75, 3.05) is 0 Å². The average molecular weight is 263 g/mol. The molecule has 1 aromatic rings. The van der Waals surface area contributed by atoms with Gasteiger partial charge in [0.05, 0.1) is 12.2 Å². The van der Waals surface area contributed by atoms with Crippen LogP contribution in [-0.4, -0.2) is 31.8 Å². The van der Waals surface area contributed by atoms with Crippen molar-refractivity contribution in [3.05, 3.63) is 40.6 Å². The molecule has 0 bridgehead atoms. The SMILES string of the molecule is CC1(C)N([O])C(c2cccc(CO)c2)=[N+]([O-])C1(C)C. The zero-order valence-corrected chi connectivity index (χ0v) is 11.7. The summed E-state index contributed by atoms with van der Waals surface area (Å²) in [6, 6.07) is 6.86. The standard InChI is InChI=1S/C14H19N2O3/c1-13(2)14(3,4)16(19)12(15(13)18)11-7-5-6-10(8-11)9-17/h5-8,17H,9H2,1-4H3. The Kier molecular flexibility index (Phi) is 3.07. The molecule has 0 fully saturated rings. The monoisotopic (exact) mass is 263 g/mol. The highest BCUT2D eigenvalue weighted by Gasteiger charge is 2.59. The van der Waals surface area contributed by atoms with Crippen LogP contribution in [0.25, 0.3) is 0 Å². The van der Waals surface area contributed by atoms with Gasteiger partial charge in [0.15, 0.2) is 5.54 Å². The maximum Gasteiger partial charge on any atom is 0.316 e. The summed E-state index contributed by atoms with van der Waals surface area (Å²) in [5, 5.41) is 34.8. The predicted molar refractivity (Wildman–Crippen MR) is 70.8 cm³/mol. The van der Waals surface area contributed by atoms with Gasteiger partial charge in [0, 0.05) is 5.21 Å². The van der Waals surface area contributed by atoms with E-state index in [9.17, 15) is 10.4 Å². The van der Waals surface area contributed by atoms with E-state index in [1.165, 1.54) is 0 Å². The molecule has 5 nitrogen and oxygen atoms in total. The van der Waals surface area contributed by atoms with Gasteiger partial charge in [0.2, 0.25) is 0 Å². The molecule has 0 atom stereocenters. The fourth-order valence-corrected chi connectivity index (χ4v) is 2.15. The minimum atomic E-state index is -0.820. The number of benzene rings is 1. The van der Waals surface area contributed by atoms with Gasteiger partial charge in [-0.2, -0.15) is 0 Å². The van der Waals surface area contributed by atoms with Gasteiger partial charge in [-0.3, -0.25) is 4.74 Å². The number of rotatable bonds is 2. The summed E-state index contributed by atoms with van der Waals surface area (Å²) >= 11 is 0. The first kappa shape index (κ1) is 13.8. The number of aliphatic hydroxyl groups is 1. The van der Waals surface area contributed by atoms with Crippen molar-refractivity contribution in [1.82, 2.24) is 5.06 Å². The van der Waals surface area contributed by atoms with E-state index in [1.807, 2.05) is 0 Å². The van der Waals surface area contributed by atoms with Crippen LogP contribution in [0.3, 0.4) is 0 Å². The third-order valence-corrected chi connectivity index (χ3v) is 4.27. The fraction of sp³-hybridized carbons (Fsp3) is 0.500. The summed E-state index contributed by atoms with van der Waals surface area (Å²) in [4.78, 5) is 0. The lowest BCUT2D eigenvalue weighted by Crippen LogP contribution is -2.53. The van der Waals surface area contributed by atoms with Crippen molar-refractivity contribution < 1.29 is 15.1 Å². The predicted octanol–water partition coefficient (Wildman–Crippen LogP) is 1.65. The summed E-state index contributed by atoms with van der Waals surface area (Å²) < 4.78 is 0.774. The quantitative estimate of drug-likeness (QED) is 0.651. The van der Waals surface area contributed by atoms with Gasteiger partial charge in [0.25, 0.3) is 0 Å². The number of nitrogens with zero attached hydrogens (tertiary/aromatic N) is 2. The molecule has 0 aliphatic carbocycles. The highest BCUT2D eigenvalue weighted by Crippen LogP contribution is 2.37. The highest BCUT2D eigenvalue weighted by molar-refractivity contribution is 5.96. The second kappa shape index (κ2) is 4.21. The fourth-order valence-electron chi connectivity index (χ4n) is 2.15. The van der Waals surface area contributed by atoms with E-state index in [2.05, 4.69) is 0 Å². The molecule has 2 rings (SSSR count). The van der Waals surface area contributed by atoms with Crippen LogP contribution in [0.1, 0.15) is 38.8 Å². The Morgan fingerprint density at radius 1 is 1.32 bits per heavy atom. The second-order valence-corrected chi connectivity index (χ2v) is 5.89. The van der Waals surface area contributed by atoms with E-state index in [0.717, 1.165) is 9.80 Å². The normalized spacial score (nSPS) is 21.1. The average Bonchev–Trinajstić information content (AvgIpc) is 2.49. The maximum atomic E-state index is 12.4. The minimum Gasteiger partial charge on any atom is -0.714 e. The van der Waals surface area contributed by atoms with Crippen LogP contribution < -0.4 is 0 Å². The third kappa shape index (κ3) is 1.81. The van der Waals surface area contributed by atoms with E-state index < -0.39 is 11.1 Å². The molecule has 19 heavy (non-hydrogen) atoms. The Hall–Kier alpha value is -1.59. The van der Waals surface area contributed by atoms with E-state index >= 15 is 0 Å². The summed E-state index contributed by atoms with van der Waals surface area (Å²) in [6.45, 7) is 6.91. The van der Waals surface area contributed by atoms with E-state index in [4.69, 9.17) is 5.11 Å². The molecule has 0 saturated carbocycles. The van der Waals surface area contributed by atoms with Crippen molar-refractivity contribution in [2.45, 2.75) is 45.4 Å². The van der Waals surface area contributed by atoms with Crippen LogP contribution in [-0.2, 0) is 11.8 Å². The number of hydroxylamine groups is 3. The molecule has 0 amide bonds. The molecular weight excluding hydrogens is 244 g/mol. The molecule has 103 valence electrons. The Labute approximate surface area is 113 Å². The lowest BCUT2D eigenvalue weighted by atomic mass is 9.84. The molecule has 1 aliphatic heterocycles. The van der Waals surface area contributed by atoms with Crippen molar-refractivity contribution in [1.29, 1.82) is 0 Å². The van der Waals surface area contributed by atoms with Gasteiger partial charge < -0.3 is 10.3 Å². The smallest absolute Gasteiger partial charge is 0.316 e. The largest absolute Gasteiger partial charge is 0.714 e. The Balaban J connectivity index is 2.58. The topological polar surface area (TPSA) is 69.4 Å². The number of hydrogen-bond donors (Lipinski definition) is 1. The van der Waals surface area contributed by atoms with Crippen LogP contribution in [0.4, 0.5) is 0 Å². The Bertz CT molecular complexity index is 535. The maximum absolute atomic E-state index is 12.4. The third-order valence-electron chi connectivity index (χ3n) is 4.27. The summed E-state index contributed by atoms with van der Waals surface area (Å²) in [5.41, 5.74) is -0.428. The first-order valence-electron chi connectivity index (χ1n) is 6.25. The lowest BCUT2D eigenvalue weighted by molar-refractivity contribution is -0.539. The number of hydrogen-bond acceptors (Lipinski definition) is 3. The molecule has 1 aromatic carbocycles. The van der Waals surface area contributed by atoms with Gasteiger partial charge >= 0.3 is 5.84 Å². The summed E-state index contributed by atoms with van der Waals surface area (Å²) in [6.07, 6.45) is 0. The van der Waals surface area contributed by atoms with Crippen LogP contribution in [0.5, 0.6) is 0 Å². The van der Waals surface area contributed by atoms with Crippen molar-refractivity contribution >= 4 is 5.84 Å². The minimum absolute atomic E-state index is 0.102. The highest BCUT2D eigenvalue weighted by atomic mass is 16.5. The molecule has 1 radical (unpaired) electrons. The van der Waals surface area contributed by atoms with E-state index in [1.54, 1.807) is 52.0 Å². The molecule has 1 N–H and O–H groups in total. The lowest BCUT2D eigenvalue weighted by Gasteiger charge is -2.32. The zero-order chi connectivity index (χ0) is 14.4. The number of amidine groups is 1. The number of aliphatic hydroxyl groups excluding tert-OH is 1. The van der Waals surface area contributed by atoms with Gasteiger partial charge in [-0.05, 0) is 45.4 Å².